The van der Waals surface area contributed by atoms with Crippen LogP contribution < -0.4 is 4.74 Å². The molecule has 0 spiro atoms. The lowest BCUT2D eigenvalue weighted by molar-refractivity contribution is 0.166. The van der Waals surface area contributed by atoms with Crippen molar-refractivity contribution in [1.82, 2.24) is 9.55 Å². The zero-order valence-corrected chi connectivity index (χ0v) is 12.6. The maximum Gasteiger partial charge on any atom is 0.122 e. The lowest BCUT2D eigenvalue weighted by Gasteiger charge is -2.17. The molecule has 0 saturated carbocycles. The number of rotatable bonds is 5. The molecule has 1 N–H and O–H groups in total. The van der Waals surface area contributed by atoms with E-state index in [2.05, 4.69) is 18.8 Å². The highest BCUT2D eigenvalue weighted by molar-refractivity contribution is 6.30. The van der Waals surface area contributed by atoms with Crippen LogP contribution >= 0.6 is 11.6 Å². The van der Waals surface area contributed by atoms with Gasteiger partial charge < -0.3 is 14.4 Å². The van der Waals surface area contributed by atoms with Gasteiger partial charge in [-0.25, -0.2) is 4.98 Å². The number of aliphatic hydroxyl groups is 1. The van der Waals surface area contributed by atoms with Gasteiger partial charge in [-0.2, -0.15) is 0 Å². The van der Waals surface area contributed by atoms with Crippen LogP contribution in [0, 0.1) is 0 Å². The molecule has 20 heavy (non-hydrogen) atoms. The summed E-state index contributed by atoms with van der Waals surface area (Å²) < 4.78 is 7.26. The highest BCUT2D eigenvalue weighted by Gasteiger charge is 2.17. The number of ether oxygens (including phenoxy) is 1. The number of aromatic nitrogens is 2. The van der Waals surface area contributed by atoms with Gasteiger partial charge in [-0.1, -0.05) is 11.6 Å². The monoisotopic (exact) mass is 294 g/mol. The molecule has 1 heterocycles. The lowest BCUT2D eigenvalue weighted by Crippen LogP contribution is -2.11. The molecule has 108 valence electrons. The van der Waals surface area contributed by atoms with Gasteiger partial charge >= 0.3 is 0 Å². The first-order chi connectivity index (χ1) is 9.52. The van der Waals surface area contributed by atoms with Crippen LogP contribution in [0.4, 0.5) is 0 Å². The van der Waals surface area contributed by atoms with Crippen molar-refractivity contribution in [1.29, 1.82) is 0 Å². The first-order valence-electron chi connectivity index (χ1n) is 6.55. The van der Waals surface area contributed by atoms with Crippen LogP contribution in [-0.4, -0.2) is 21.8 Å². The van der Waals surface area contributed by atoms with Crippen molar-refractivity contribution in [2.75, 3.05) is 7.11 Å². The molecule has 0 radical (unpaired) electrons. The Kier molecular flexibility index (Phi) is 4.68. The average molecular weight is 295 g/mol. The normalized spacial score (nSPS) is 12.7. The molecule has 0 aliphatic heterocycles. The second kappa shape index (κ2) is 6.29. The second-order valence-corrected chi connectivity index (χ2v) is 5.43. The summed E-state index contributed by atoms with van der Waals surface area (Å²) in [5.74, 6) is 0.726. The van der Waals surface area contributed by atoms with E-state index in [0.29, 0.717) is 11.4 Å². The SMILES string of the molecule is COc1ccc(Cl)cc1CC(O)c1cncn1C(C)C. The summed E-state index contributed by atoms with van der Waals surface area (Å²) in [5, 5.41) is 11.1. The third-order valence-corrected chi connectivity index (χ3v) is 3.48. The fraction of sp³-hybridized carbons (Fsp3) is 0.400. The third-order valence-electron chi connectivity index (χ3n) is 3.25. The number of hydrogen-bond acceptors (Lipinski definition) is 3. The quantitative estimate of drug-likeness (QED) is 0.919. The summed E-state index contributed by atoms with van der Waals surface area (Å²) in [5.41, 5.74) is 1.67. The number of benzene rings is 1. The highest BCUT2D eigenvalue weighted by Crippen LogP contribution is 2.28. The Morgan fingerprint density at radius 1 is 1.40 bits per heavy atom. The topological polar surface area (TPSA) is 47.3 Å². The first kappa shape index (κ1) is 14.9. The van der Waals surface area contributed by atoms with Crippen LogP contribution in [0.1, 0.15) is 37.3 Å². The molecule has 1 atom stereocenters. The number of hydrogen-bond donors (Lipinski definition) is 1. The molecule has 1 unspecified atom stereocenters. The molecule has 0 saturated heterocycles. The van der Waals surface area contributed by atoms with E-state index >= 15 is 0 Å². The van der Waals surface area contributed by atoms with Crippen LogP contribution in [0.25, 0.3) is 0 Å². The maximum absolute atomic E-state index is 10.4. The number of methoxy groups -OCH3 is 1. The van der Waals surface area contributed by atoms with Crippen LogP contribution in [0.15, 0.2) is 30.7 Å². The summed E-state index contributed by atoms with van der Waals surface area (Å²) in [6, 6.07) is 5.65. The standard InChI is InChI=1S/C15H19ClN2O2/c1-10(2)18-9-17-8-13(18)14(19)7-11-6-12(16)4-5-15(11)20-3/h4-6,8-10,14,19H,7H2,1-3H3. The van der Waals surface area contributed by atoms with Crippen molar-refractivity contribution < 1.29 is 9.84 Å². The van der Waals surface area contributed by atoms with Gasteiger partial charge in [0.1, 0.15) is 5.75 Å². The minimum Gasteiger partial charge on any atom is -0.496 e. The van der Waals surface area contributed by atoms with Crippen LogP contribution in [0.2, 0.25) is 5.02 Å². The summed E-state index contributed by atoms with van der Waals surface area (Å²) >= 11 is 6.01. The fourth-order valence-electron chi connectivity index (χ4n) is 2.22. The van der Waals surface area contributed by atoms with Crippen LogP contribution in [0.5, 0.6) is 5.75 Å². The van der Waals surface area contributed by atoms with Gasteiger partial charge in [0.25, 0.3) is 0 Å². The minimum atomic E-state index is -0.646. The van der Waals surface area contributed by atoms with E-state index in [1.807, 2.05) is 16.7 Å². The number of aliphatic hydroxyl groups excluding tert-OH is 1. The molecular weight excluding hydrogens is 276 g/mol. The third kappa shape index (κ3) is 3.14. The second-order valence-electron chi connectivity index (χ2n) is 5.00. The molecule has 5 heteroatoms. The Hall–Kier alpha value is -1.52. The van der Waals surface area contributed by atoms with Crippen LogP contribution in [-0.2, 0) is 6.42 Å². The maximum atomic E-state index is 10.4. The molecule has 1 aromatic heterocycles. The number of halogens is 1. The highest BCUT2D eigenvalue weighted by atomic mass is 35.5. The van der Waals surface area contributed by atoms with Gasteiger partial charge in [0.05, 0.1) is 31.4 Å². The molecule has 0 aliphatic carbocycles. The van der Waals surface area contributed by atoms with Gasteiger partial charge in [-0.05, 0) is 37.6 Å². The summed E-state index contributed by atoms with van der Waals surface area (Å²) in [6.07, 6.45) is 3.22. The van der Waals surface area contributed by atoms with E-state index in [1.54, 1.807) is 25.7 Å². The van der Waals surface area contributed by atoms with Gasteiger partial charge in [-0.15, -0.1) is 0 Å². The zero-order valence-electron chi connectivity index (χ0n) is 11.9. The molecule has 0 fully saturated rings. The lowest BCUT2D eigenvalue weighted by atomic mass is 10.0. The fourth-order valence-corrected chi connectivity index (χ4v) is 2.42. The van der Waals surface area contributed by atoms with Gasteiger partial charge in [0, 0.05) is 17.5 Å². The largest absolute Gasteiger partial charge is 0.496 e. The average Bonchev–Trinajstić information content (AvgIpc) is 2.88. The number of nitrogens with zero attached hydrogens (tertiary/aromatic N) is 2. The van der Waals surface area contributed by atoms with Gasteiger partial charge in [-0.3, -0.25) is 0 Å². The summed E-state index contributed by atoms with van der Waals surface area (Å²) in [4.78, 5) is 4.11. The molecule has 4 nitrogen and oxygen atoms in total. The van der Waals surface area contributed by atoms with Crippen molar-refractivity contribution in [3.63, 3.8) is 0 Å². The van der Waals surface area contributed by atoms with E-state index < -0.39 is 6.10 Å². The molecule has 0 bridgehead atoms. The van der Waals surface area contributed by atoms with E-state index in [9.17, 15) is 5.11 Å². The van der Waals surface area contributed by atoms with Crippen molar-refractivity contribution in [2.45, 2.75) is 32.4 Å². The van der Waals surface area contributed by atoms with Crippen LogP contribution in [0.3, 0.4) is 0 Å². The Labute approximate surface area is 124 Å². The first-order valence-corrected chi connectivity index (χ1v) is 6.93. The Morgan fingerprint density at radius 2 is 2.15 bits per heavy atom. The Bertz CT molecular complexity index is 581. The molecule has 2 aromatic rings. The molecular formula is C15H19ClN2O2. The van der Waals surface area contributed by atoms with Crippen molar-refractivity contribution in [2.24, 2.45) is 0 Å². The summed E-state index contributed by atoms with van der Waals surface area (Å²) in [7, 11) is 1.61. The summed E-state index contributed by atoms with van der Waals surface area (Å²) in [6.45, 7) is 4.11. The van der Waals surface area contributed by atoms with Crippen molar-refractivity contribution in [3.05, 3.63) is 47.0 Å². The smallest absolute Gasteiger partial charge is 0.122 e. The number of imidazole rings is 1. The Morgan fingerprint density at radius 3 is 2.80 bits per heavy atom. The molecule has 1 aromatic carbocycles. The van der Waals surface area contributed by atoms with E-state index in [1.165, 1.54) is 0 Å². The van der Waals surface area contributed by atoms with Crippen molar-refractivity contribution in [3.8, 4) is 5.75 Å². The van der Waals surface area contributed by atoms with Gasteiger partial charge in [0.15, 0.2) is 0 Å². The molecule has 0 aliphatic rings. The van der Waals surface area contributed by atoms with Crippen molar-refractivity contribution >= 4 is 11.6 Å². The van der Waals surface area contributed by atoms with E-state index in [4.69, 9.17) is 16.3 Å². The minimum absolute atomic E-state index is 0.253. The molecule has 2 rings (SSSR count). The molecule has 0 amide bonds. The van der Waals surface area contributed by atoms with Gasteiger partial charge in [0.2, 0.25) is 0 Å². The Balaban J connectivity index is 2.25. The zero-order chi connectivity index (χ0) is 14.7. The predicted octanol–water partition coefficient (Wildman–Crippen LogP) is 3.40. The van der Waals surface area contributed by atoms with E-state index in [0.717, 1.165) is 17.0 Å². The van der Waals surface area contributed by atoms with E-state index in [-0.39, 0.29) is 6.04 Å². The predicted molar refractivity (Wildman–Crippen MR) is 79.3 cm³/mol.